The van der Waals surface area contributed by atoms with E-state index in [-0.39, 0.29) is 24.4 Å². The predicted octanol–water partition coefficient (Wildman–Crippen LogP) is -0.916. The summed E-state index contributed by atoms with van der Waals surface area (Å²) in [5.74, 6) is 0. The van der Waals surface area contributed by atoms with Gasteiger partial charge in [0.05, 0.1) is 0 Å². The maximum atomic E-state index is 5.92. The minimum absolute atomic E-state index is 0.136. The van der Waals surface area contributed by atoms with Crippen molar-refractivity contribution in [2.24, 2.45) is 0 Å². The third-order valence-corrected chi connectivity index (χ3v) is 7.76. The Bertz CT molecular complexity index is 284. The second-order valence-corrected chi connectivity index (χ2v) is 10.1. The van der Waals surface area contributed by atoms with Crippen molar-refractivity contribution >= 4 is 14.6 Å². The van der Waals surface area contributed by atoms with Crippen LogP contribution in [0.4, 0.5) is 0 Å². The molecule has 0 amide bonds. The molecule has 4 heterocycles. The van der Waals surface area contributed by atoms with Crippen molar-refractivity contribution < 1.29 is 34.0 Å². The summed E-state index contributed by atoms with van der Waals surface area (Å²) in [4.78, 5) is 0. The normalized spacial score (nSPS) is 38.9. The van der Waals surface area contributed by atoms with E-state index in [1.165, 1.54) is 0 Å². The van der Waals surface area contributed by atoms with Crippen LogP contribution in [0.25, 0.3) is 0 Å². The van der Waals surface area contributed by atoms with Crippen molar-refractivity contribution in [2.75, 3.05) is 52.9 Å². The second-order valence-electron chi connectivity index (χ2n) is 5.57. The van der Waals surface area contributed by atoms with Crippen LogP contribution in [-0.2, 0) is 34.0 Å². The van der Waals surface area contributed by atoms with E-state index in [0.717, 1.165) is 26.4 Å². The average Bonchev–Trinajstić information content (AvgIpc) is 3.39. The molecule has 4 fully saturated rings. The van der Waals surface area contributed by atoms with Gasteiger partial charge in [0.2, 0.25) is 0 Å². The van der Waals surface area contributed by atoms with E-state index in [9.17, 15) is 0 Å². The van der Waals surface area contributed by atoms with Crippen LogP contribution in [0, 0.1) is 0 Å². The molecule has 4 rings (SSSR count). The molecule has 4 unspecified atom stereocenters. The summed E-state index contributed by atoms with van der Waals surface area (Å²) >= 11 is -3.79. The van der Waals surface area contributed by atoms with Gasteiger partial charge >= 0.3 is 126 Å². The van der Waals surface area contributed by atoms with Gasteiger partial charge in [-0.3, -0.25) is 0 Å². The van der Waals surface area contributed by atoms with E-state index < -0.39 is 14.6 Å². The van der Waals surface area contributed by atoms with E-state index in [1.54, 1.807) is 0 Å². The first-order valence-electron chi connectivity index (χ1n) is 7.33. The summed E-state index contributed by atoms with van der Waals surface area (Å²) in [6, 6.07) is 0. The van der Waals surface area contributed by atoms with E-state index in [2.05, 4.69) is 0 Å². The molecule has 4 aliphatic heterocycles. The molecule has 120 valence electrons. The molecule has 0 bridgehead atoms. The molecule has 4 saturated heterocycles. The Morgan fingerprint density at radius 1 is 0.571 bits per heavy atom. The molecule has 0 radical (unpaired) electrons. The van der Waals surface area contributed by atoms with Crippen molar-refractivity contribution in [1.82, 2.24) is 0 Å². The Kier molecular flexibility index (Phi) is 4.49. The van der Waals surface area contributed by atoms with E-state index >= 15 is 0 Å². The Labute approximate surface area is 126 Å². The first-order valence-corrected chi connectivity index (χ1v) is 10.8. The minimum atomic E-state index is -3.79. The number of hydrogen-bond acceptors (Lipinski definition) is 8. The molecule has 0 aliphatic carbocycles. The van der Waals surface area contributed by atoms with Gasteiger partial charge in [0.25, 0.3) is 0 Å². The zero-order valence-corrected chi connectivity index (χ0v) is 13.8. The fourth-order valence-corrected chi connectivity index (χ4v) is 6.01. The van der Waals surface area contributed by atoms with Crippen LogP contribution in [0.1, 0.15) is 0 Å². The molecule has 0 spiro atoms. The van der Waals surface area contributed by atoms with Gasteiger partial charge in [-0.25, -0.2) is 0 Å². The van der Waals surface area contributed by atoms with Gasteiger partial charge in [-0.15, -0.1) is 0 Å². The van der Waals surface area contributed by atoms with Crippen LogP contribution < -0.4 is 0 Å². The Hall–Kier alpha value is 0.223. The van der Waals surface area contributed by atoms with Crippen molar-refractivity contribution in [3.63, 3.8) is 0 Å². The van der Waals surface area contributed by atoms with E-state index in [0.29, 0.717) is 26.4 Å². The third kappa shape index (κ3) is 5.12. The summed E-state index contributed by atoms with van der Waals surface area (Å²) in [6.07, 6.45) is 0.546. The van der Waals surface area contributed by atoms with Gasteiger partial charge in [-0.2, -0.15) is 0 Å². The molecular weight excluding hydrogens is 345 g/mol. The first kappa shape index (κ1) is 14.8. The summed E-state index contributed by atoms with van der Waals surface area (Å²) in [7, 11) is 0. The van der Waals surface area contributed by atoms with Gasteiger partial charge in [-0.1, -0.05) is 0 Å². The topological polar surface area (TPSA) is 87.0 Å². The van der Waals surface area contributed by atoms with Crippen molar-refractivity contribution in [1.29, 1.82) is 0 Å². The Morgan fingerprint density at radius 3 is 1.00 bits per heavy atom. The molecule has 9 heteroatoms. The standard InChI is InChI=1S/C12H20GeO8/c1-9(14-1)5-18-13(19-6-10-2-15-10,20-7-11-3-16-11)21-8-12-4-17-12/h9-12H,1-8H2. The van der Waals surface area contributed by atoms with Crippen LogP contribution in [0.5, 0.6) is 0 Å². The maximum absolute atomic E-state index is 5.92. The molecule has 0 saturated carbocycles. The summed E-state index contributed by atoms with van der Waals surface area (Å²) in [5.41, 5.74) is 0. The van der Waals surface area contributed by atoms with Gasteiger partial charge in [0.15, 0.2) is 0 Å². The predicted molar refractivity (Wildman–Crippen MR) is 68.5 cm³/mol. The summed E-state index contributed by atoms with van der Waals surface area (Å²) in [5, 5.41) is 0. The summed E-state index contributed by atoms with van der Waals surface area (Å²) in [6.45, 7) is 4.68. The van der Waals surface area contributed by atoms with Crippen molar-refractivity contribution in [3.8, 4) is 0 Å². The number of rotatable bonds is 12. The molecular formula is C12H20GeO8. The third-order valence-electron chi connectivity index (χ3n) is 3.39. The molecule has 0 N–H and O–H groups in total. The molecule has 21 heavy (non-hydrogen) atoms. The Balaban J connectivity index is 1.34. The van der Waals surface area contributed by atoms with E-state index in [1.807, 2.05) is 0 Å². The monoisotopic (exact) mass is 366 g/mol. The fraction of sp³-hybridized carbons (Fsp3) is 1.00. The van der Waals surface area contributed by atoms with Crippen molar-refractivity contribution in [2.45, 2.75) is 24.4 Å². The fourth-order valence-electron chi connectivity index (χ4n) is 1.69. The van der Waals surface area contributed by atoms with Crippen LogP contribution in [0.15, 0.2) is 0 Å². The van der Waals surface area contributed by atoms with Crippen LogP contribution in [0.2, 0.25) is 0 Å². The average molecular weight is 365 g/mol. The van der Waals surface area contributed by atoms with Crippen molar-refractivity contribution in [3.05, 3.63) is 0 Å². The SMILES string of the molecule is C1OC1C[O][Ge]([O]CC1CO1)([O]CC1CO1)[O]CC1CO1. The van der Waals surface area contributed by atoms with Crippen LogP contribution in [-0.4, -0.2) is 91.9 Å². The van der Waals surface area contributed by atoms with Gasteiger partial charge in [0.1, 0.15) is 0 Å². The quantitative estimate of drug-likeness (QED) is 0.325. The zero-order valence-electron chi connectivity index (χ0n) is 11.7. The molecule has 0 aromatic rings. The molecule has 0 aromatic heterocycles. The molecule has 4 aliphatic rings. The van der Waals surface area contributed by atoms with Crippen LogP contribution in [0.3, 0.4) is 0 Å². The van der Waals surface area contributed by atoms with Gasteiger partial charge in [0, 0.05) is 0 Å². The number of hydrogen-bond donors (Lipinski definition) is 0. The van der Waals surface area contributed by atoms with Crippen LogP contribution >= 0.6 is 0 Å². The van der Waals surface area contributed by atoms with E-state index in [4.69, 9.17) is 34.0 Å². The zero-order chi connectivity index (χ0) is 14.1. The second kappa shape index (κ2) is 6.38. The molecule has 8 nitrogen and oxygen atoms in total. The van der Waals surface area contributed by atoms with Gasteiger partial charge in [-0.05, 0) is 0 Å². The number of epoxide rings is 4. The summed E-state index contributed by atoms with van der Waals surface area (Å²) < 4.78 is 44.4. The first-order chi connectivity index (χ1) is 10.3. The molecule has 0 aromatic carbocycles. The number of ether oxygens (including phenoxy) is 4. The van der Waals surface area contributed by atoms with Gasteiger partial charge < -0.3 is 0 Å². The Morgan fingerprint density at radius 2 is 0.810 bits per heavy atom. The molecule has 4 atom stereocenters.